The maximum Gasteiger partial charge on any atom is 0.377 e. The summed E-state index contributed by atoms with van der Waals surface area (Å²) < 4.78 is 6.77. The Morgan fingerprint density at radius 1 is 1.00 bits per heavy atom. The van der Waals surface area contributed by atoms with Crippen LogP contribution in [0.5, 0.6) is 5.75 Å². The van der Waals surface area contributed by atoms with Crippen molar-refractivity contribution in [1.29, 1.82) is 5.26 Å². The van der Waals surface area contributed by atoms with Crippen molar-refractivity contribution < 1.29 is 24.3 Å². The Kier molecular flexibility index (Phi) is 8.48. The number of hydrogen-bond donors (Lipinski definition) is 1. The lowest BCUT2D eigenvalue weighted by atomic mass is 10.0. The van der Waals surface area contributed by atoms with Gasteiger partial charge in [0.05, 0.1) is 25.3 Å². The van der Waals surface area contributed by atoms with Crippen LogP contribution >= 0.6 is 11.6 Å². The Morgan fingerprint density at radius 2 is 1.69 bits per heavy atom. The molecule has 1 atom stereocenters. The topological polar surface area (TPSA) is 117 Å². The van der Waals surface area contributed by atoms with Gasteiger partial charge >= 0.3 is 11.9 Å². The summed E-state index contributed by atoms with van der Waals surface area (Å²) in [5.74, 6) is -1.30. The third-order valence-corrected chi connectivity index (χ3v) is 6.91. The van der Waals surface area contributed by atoms with E-state index in [9.17, 15) is 14.7 Å². The molecule has 10 heteroatoms. The van der Waals surface area contributed by atoms with E-state index in [0.717, 1.165) is 11.1 Å². The highest BCUT2D eigenvalue weighted by atomic mass is 35.5. The lowest BCUT2D eigenvalue weighted by Crippen LogP contribution is -2.44. The molecule has 0 saturated heterocycles. The SMILES string of the molecule is COC(=O)[C@H](Cc1ccc(O)cc1)N(Cc1ccc(C#N)cc1)OC(=O)c1cn2ccc(-c3ccc(Cl)cc3)cc2n1. The van der Waals surface area contributed by atoms with Gasteiger partial charge in [-0.15, -0.1) is 5.06 Å². The number of hydrogen-bond acceptors (Lipinski definition) is 8. The number of esters is 1. The van der Waals surface area contributed by atoms with Gasteiger partial charge in [-0.25, -0.2) is 9.78 Å². The first-order valence-electron chi connectivity index (χ1n) is 12.9. The van der Waals surface area contributed by atoms with Gasteiger partial charge < -0.3 is 19.1 Å². The number of phenolic OH excluding ortho intramolecular Hbond substituents is 1. The average Bonchev–Trinajstić information content (AvgIpc) is 3.45. The molecule has 0 spiro atoms. The second kappa shape index (κ2) is 12.6. The van der Waals surface area contributed by atoms with Crippen molar-refractivity contribution in [1.82, 2.24) is 14.4 Å². The molecule has 0 bridgehead atoms. The molecule has 0 amide bonds. The third-order valence-electron chi connectivity index (χ3n) is 6.65. The van der Waals surface area contributed by atoms with Crippen LogP contribution in [0, 0.1) is 11.3 Å². The number of pyridine rings is 1. The predicted octanol–water partition coefficient (Wildman–Crippen LogP) is 5.59. The first-order chi connectivity index (χ1) is 20.3. The molecule has 210 valence electrons. The van der Waals surface area contributed by atoms with Crippen LogP contribution in [0.15, 0.2) is 97.3 Å². The minimum absolute atomic E-state index is 0.0311. The molecule has 0 fully saturated rings. The summed E-state index contributed by atoms with van der Waals surface area (Å²) in [6, 6.07) is 25.3. The van der Waals surface area contributed by atoms with E-state index in [4.69, 9.17) is 26.4 Å². The number of aromatic hydroxyl groups is 1. The zero-order chi connectivity index (χ0) is 29.6. The predicted molar refractivity (Wildman–Crippen MR) is 155 cm³/mol. The fraction of sp³-hybridized carbons (Fsp3) is 0.125. The second-order valence-corrected chi connectivity index (χ2v) is 9.92. The summed E-state index contributed by atoms with van der Waals surface area (Å²) >= 11 is 6.02. The van der Waals surface area contributed by atoms with Crippen LogP contribution < -0.4 is 0 Å². The number of aromatic nitrogens is 2. The summed E-state index contributed by atoms with van der Waals surface area (Å²) in [4.78, 5) is 36.7. The Morgan fingerprint density at radius 3 is 2.36 bits per heavy atom. The highest BCUT2D eigenvalue weighted by Gasteiger charge is 2.32. The zero-order valence-electron chi connectivity index (χ0n) is 22.5. The molecule has 5 aromatic rings. The molecule has 0 aliphatic rings. The second-order valence-electron chi connectivity index (χ2n) is 9.49. The summed E-state index contributed by atoms with van der Waals surface area (Å²) in [5, 5.41) is 20.7. The van der Waals surface area contributed by atoms with Gasteiger partial charge in [0.15, 0.2) is 5.69 Å². The summed E-state index contributed by atoms with van der Waals surface area (Å²) in [7, 11) is 1.26. The quantitative estimate of drug-likeness (QED) is 0.177. The number of phenols is 1. The van der Waals surface area contributed by atoms with Crippen molar-refractivity contribution in [3.05, 3.63) is 125 Å². The van der Waals surface area contributed by atoms with Gasteiger partial charge in [-0.05, 0) is 70.8 Å². The largest absolute Gasteiger partial charge is 0.508 e. The Balaban J connectivity index is 1.44. The van der Waals surface area contributed by atoms with E-state index in [-0.39, 0.29) is 24.4 Å². The van der Waals surface area contributed by atoms with E-state index in [2.05, 4.69) is 11.1 Å². The molecule has 0 saturated carbocycles. The number of methoxy groups -OCH3 is 1. The number of nitriles is 1. The number of imidazole rings is 1. The van der Waals surface area contributed by atoms with E-state index in [1.54, 1.807) is 65.3 Å². The molecule has 5 rings (SSSR count). The highest BCUT2D eigenvalue weighted by Crippen LogP contribution is 2.24. The Labute approximate surface area is 246 Å². The van der Waals surface area contributed by atoms with Crippen LogP contribution in [-0.4, -0.2) is 44.6 Å². The van der Waals surface area contributed by atoms with Crippen molar-refractivity contribution in [3.8, 4) is 22.9 Å². The Bertz CT molecular complexity index is 1760. The monoisotopic (exact) mass is 580 g/mol. The number of ether oxygens (including phenoxy) is 1. The van der Waals surface area contributed by atoms with Crippen molar-refractivity contribution >= 4 is 29.2 Å². The third kappa shape index (κ3) is 6.58. The average molecular weight is 581 g/mol. The van der Waals surface area contributed by atoms with Crippen molar-refractivity contribution in [2.24, 2.45) is 0 Å². The normalized spacial score (nSPS) is 11.7. The van der Waals surface area contributed by atoms with Gasteiger partial charge in [-0.3, -0.25) is 4.79 Å². The number of carbonyl (C=O) groups excluding carboxylic acids is 2. The maximum absolute atomic E-state index is 13.4. The molecule has 1 N–H and O–H groups in total. The lowest BCUT2D eigenvalue weighted by Gasteiger charge is -2.28. The molecule has 0 unspecified atom stereocenters. The van der Waals surface area contributed by atoms with E-state index < -0.39 is 18.0 Å². The first kappa shape index (κ1) is 28.4. The minimum Gasteiger partial charge on any atom is -0.508 e. The summed E-state index contributed by atoms with van der Waals surface area (Å²) in [6.45, 7) is 0.0311. The van der Waals surface area contributed by atoms with Crippen LogP contribution in [0.3, 0.4) is 0 Å². The van der Waals surface area contributed by atoms with Gasteiger partial charge in [-0.2, -0.15) is 5.26 Å². The van der Waals surface area contributed by atoms with Gasteiger partial charge in [-0.1, -0.05) is 48.0 Å². The summed E-state index contributed by atoms with van der Waals surface area (Å²) in [5.41, 5.74) is 4.29. The highest BCUT2D eigenvalue weighted by molar-refractivity contribution is 6.30. The number of benzene rings is 3. The van der Waals surface area contributed by atoms with Crippen molar-refractivity contribution in [2.45, 2.75) is 19.0 Å². The van der Waals surface area contributed by atoms with E-state index in [1.807, 2.05) is 24.3 Å². The van der Waals surface area contributed by atoms with Gasteiger partial charge in [0.25, 0.3) is 0 Å². The number of fused-ring (bicyclic) bond motifs is 1. The number of rotatable bonds is 9. The van der Waals surface area contributed by atoms with E-state index >= 15 is 0 Å². The van der Waals surface area contributed by atoms with Crippen LogP contribution in [-0.2, 0) is 27.3 Å². The maximum atomic E-state index is 13.4. The molecule has 2 heterocycles. The molecule has 42 heavy (non-hydrogen) atoms. The fourth-order valence-corrected chi connectivity index (χ4v) is 4.55. The standard InChI is InChI=1S/C32H25ClN4O5/c1-41-32(40)29(16-21-6-12-27(38)13-7-21)37(19-23-4-2-22(18-34)3-5-23)42-31(39)28-20-36-15-14-25(17-30(36)35-28)24-8-10-26(33)11-9-24/h2-15,17,20,29,38H,16,19H2,1H3/t29-/m0/s1. The molecule has 2 aromatic heterocycles. The summed E-state index contributed by atoms with van der Waals surface area (Å²) in [6.07, 6.45) is 3.47. The molecular formula is C32H25ClN4O5. The molecule has 9 nitrogen and oxygen atoms in total. The van der Waals surface area contributed by atoms with Crippen LogP contribution in [0.1, 0.15) is 27.2 Å². The number of carbonyl (C=O) groups is 2. The fourth-order valence-electron chi connectivity index (χ4n) is 4.42. The van der Waals surface area contributed by atoms with Crippen LogP contribution in [0.4, 0.5) is 0 Å². The molecule has 3 aromatic carbocycles. The van der Waals surface area contributed by atoms with Crippen LogP contribution in [0.2, 0.25) is 5.02 Å². The molecular weight excluding hydrogens is 556 g/mol. The molecule has 0 radical (unpaired) electrons. The van der Waals surface area contributed by atoms with E-state index in [0.29, 0.717) is 27.4 Å². The Hall–Kier alpha value is -5.17. The van der Waals surface area contributed by atoms with Crippen LogP contribution in [0.25, 0.3) is 16.8 Å². The van der Waals surface area contributed by atoms with E-state index in [1.165, 1.54) is 24.3 Å². The minimum atomic E-state index is -1.02. The molecule has 0 aliphatic heterocycles. The van der Waals surface area contributed by atoms with Crippen molar-refractivity contribution in [2.75, 3.05) is 7.11 Å². The number of nitrogens with zero attached hydrogens (tertiary/aromatic N) is 4. The lowest BCUT2D eigenvalue weighted by molar-refractivity contribution is -0.177. The van der Waals surface area contributed by atoms with Gasteiger partial charge in [0, 0.05) is 23.8 Å². The number of halogens is 1. The zero-order valence-corrected chi connectivity index (χ0v) is 23.2. The van der Waals surface area contributed by atoms with Gasteiger partial charge in [0.2, 0.25) is 0 Å². The number of hydroxylamine groups is 2. The van der Waals surface area contributed by atoms with Gasteiger partial charge in [0.1, 0.15) is 17.4 Å². The smallest absolute Gasteiger partial charge is 0.377 e. The molecule has 0 aliphatic carbocycles. The van der Waals surface area contributed by atoms with Crippen molar-refractivity contribution in [3.63, 3.8) is 0 Å². The first-order valence-corrected chi connectivity index (χ1v) is 13.3.